The molecule has 0 fully saturated rings. The Morgan fingerprint density at radius 1 is 1.08 bits per heavy atom. The fourth-order valence-corrected chi connectivity index (χ4v) is 2.80. The monoisotopic (exact) mass is 321 g/mol. The number of amides is 1. The van der Waals surface area contributed by atoms with Crippen LogP contribution in [0.4, 0.5) is 11.4 Å². The van der Waals surface area contributed by atoms with Crippen molar-refractivity contribution in [2.45, 2.75) is 20.8 Å². The van der Waals surface area contributed by atoms with Crippen molar-refractivity contribution in [1.29, 1.82) is 0 Å². The van der Waals surface area contributed by atoms with Gasteiger partial charge in [0.1, 0.15) is 0 Å². The largest absolute Gasteiger partial charge is 0.463 e. The molecule has 4 heteroatoms. The minimum atomic E-state index is -0.501. The van der Waals surface area contributed by atoms with E-state index in [9.17, 15) is 9.59 Å². The summed E-state index contributed by atoms with van der Waals surface area (Å²) in [6.45, 7) is 5.98. The van der Waals surface area contributed by atoms with Crippen LogP contribution < -0.4 is 4.90 Å². The van der Waals surface area contributed by atoms with Crippen molar-refractivity contribution in [2.24, 2.45) is 0 Å². The van der Waals surface area contributed by atoms with E-state index in [4.69, 9.17) is 4.74 Å². The quantitative estimate of drug-likeness (QED) is 0.636. The van der Waals surface area contributed by atoms with E-state index in [0.29, 0.717) is 5.57 Å². The molecule has 0 saturated heterocycles. The van der Waals surface area contributed by atoms with E-state index < -0.39 is 5.97 Å². The molecular weight excluding hydrogens is 302 g/mol. The van der Waals surface area contributed by atoms with Crippen LogP contribution in [0.1, 0.15) is 23.6 Å². The molecule has 24 heavy (non-hydrogen) atoms. The molecule has 0 aromatic heterocycles. The maximum atomic E-state index is 12.9. The van der Waals surface area contributed by atoms with Gasteiger partial charge >= 0.3 is 5.97 Å². The van der Waals surface area contributed by atoms with E-state index in [-0.39, 0.29) is 12.5 Å². The Morgan fingerprint density at radius 3 is 2.42 bits per heavy atom. The first-order valence-corrected chi connectivity index (χ1v) is 7.92. The zero-order chi connectivity index (χ0) is 17.3. The average Bonchev–Trinajstić information content (AvgIpc) is 2.81. The molecule has 4 nitrogen and oxygen atoms in total. The first-order chi connectivity index (χ1) is 11.5. The summed E-state index contributed by atoms with van der Waals surface area (Å²) >= 11 is 0. The van der Waals surface area contributed by atoms with E-state index in [1.165, 1.54) is 6.08 Å². The van der Waals surface area contributed by atoms with E-state index in [1.54, 1.807) is 11.8 Å². The summed E-state index contributed by atoms with van der Waals surface area (Å²) in [7, 11) is 0. The van der Waals surface area contributed by atoms with Crippen LogP contribution in [-0.2, 0) is 14.3 Å². The van der Waals surface area contributed by atoms with Gasteiger partial charge in [-0.3, -0.25) is 9.69 Å². The predicted molar refractivity (Wildman–Crippen MR) is 94.1 cm³/mol. The van der Waals surface area contributed by atoms with Gasteiger partial charge in [-0.25, -0.2) is 4.79 Å². The standard InChI is InChI=1S/C20H19NO3/c1-4-24-19(22)12-17-16-11-14(3)7-10-18(16)21(20(17)23)15-8-5-13(2)6-9-15/h5-12H,4H2,1-3H3/b17-12+. The number of rotatable bonds is 3. The van der Waals surface area contributed by atoms with Crippen LogP contribution in [0.25, 0.3) is 5.57 Å². The van der Waals surface area contributed by atoms with Crippen LogP contribution in [0.2, 0.25) is 0 Å². The minimum absolute atomic E-state index is 0.215. The predicted octanol–water partition coefficient (Wildman–Crippen LogP) is 3.93. The first-order valence-electron chi connectivity index (χ1n) is 7.92. The second-order valence-electron chi connectivity index (χ2n) is 5.81. The smallest absolute Gasteiger partial charge is 0.331 e. The van der Waals surface area contributed by atoms with E-state index in [2.05, 4.69) is 0 Å². The lowest BCUT2D eigenvalue weighted by Gasteiger charge is -2.17. The summed E-state index contributed by atoms with van der Waals surface area (Å²) < 4.78 is 4.97. The third-order valence-corrected chi connectivity index (χ3v) is 3.96. The van der Waals surface area contributed by atoms with Crippen molar-refractivity contribution in [2.75, 3.05) is 11.5 Å². The summed E-state index contributed by atoms with van der Waals surface area (Å²) in [6, 6.07) is 13.5. The lowest BCUT2D eigenvalue weighted by molar-refractivity contribution is -0.137. The Labute approximate surface area is 141 Å². The van der Waals surface area contributed by atoms with Crippen molar-refractivity contribution < 1.29 is 14.3 Å². The van der Waals surface area contributed by atoms with Crippen LogP contribution in [-0.4, -0.2) is 18.5 Å². The Kier molecular flexibility index (Phi) is 4.21. The van der Waals surface area contributed by atoms with Gasteiger partial charge in [-0.05, 0) is 45.0 Å². The number of hydrogen-bond acceptors (Lipinski definition) is 3. The number of ether oxygens (including phenoxy) is 1. The second-order valence-corrected chi connectivity index (χ2v) is 5.81. The molecule has 0 unspecified atom stereocenters. The molecule has 1 heterocycles. The Morgan fingerprint density at radius 2 is 1.75 bits per heavy atom. The SMILES string of the molecule is CCOC(=O)/C=C1/C(=O)N(c2ccc(C)cc2)c2ccc(C)cc21. The van der Waals surface area contributed by atoms with Crippen molar-refractivity contribution in [3.8, 4) is 0 Å². The number of carbonyl (C=O) groups excluding carboxylic acids is 2. The second kappa shape index (κ2) is 6.32. The van der Waals surface area contributed by atoms with Crippen LogP contribution in [0.3, 0.4) is 0 Å². The Balaban J connectivity index is 2.12. The molecule has 3 rings (SSSR count). The maximum absolute atomic E-state index is 12.9. The van der Waals surface area contributed by atoms with Gasteiger partial charge in [0, 0.05) is 17.3 Å². The summed E-state index contributed by atoms with van der Waals surface area (Å²) in [6.07, 6.45) is 1.29. The average molecular weight is 321 g/mol. The van der Waals surface area contributed by atoms with E-state index in [0.717, 1.165) is 28.1 Å². The Hall–Kier alpha value is -2.88. The summed E-state index contributed by atoms with van der Waals surface area (Å²) in [5.41, 5.74) is 4.84. The number of carbonyl (C=O) groups is 2. The topological polar surface area (TPSA) is 46.6 Å². The number of aryl methyl sites for hydroxylation is 2. The van der Waals surface area contributed by atoms with Crippen LogP contribution >= 0.6 is 0 Å². The third-order valence-electron chi connectivity index (χ3n) is 3.96. The van der Waals surface area contributed by atoms with E-state index >= 15 is 0 Å². The molecule has 2 aromatic carbocycles. The molecule has 0 saturated carbocycles. The zero-order valence-corrected chi connectivity index (χ0v) is 14.0. The third kappa shape index (κ3) is 2.83. The fourth-order valence-electron chi connectivity index (χ4n) is 2.80. The highest BCUT2D eigenvalue weighted by Gasteiger charge is 2.34. The van der Waals surface area contributed by atoms with Gasteiger partial charge in [0.15, 0.2) is 0 Å². The number of hydrogen-bond donors (Lipinski definition) is 0. The molecule has 0 spiro atoms. The van der Waals surface area contributed by atoms with Gasteiger partial charge in [0.2, 0.25) is 0 Å². The maximum Gasteiger partial charge on any atom is 0.331 e. The van der Waals surface area contributed by atoms with Crippen molar-refractivity contribution in [1.82, 2.24) is 0 Å². The number of fused-ring (bicyclic) bond motifs is 1. The molecule has 0 aliphatic carbocycles. The fraction of sp³-hybridized carbons (Fsp3) is 0.200. The first kappa shape index (κ1) is 16.0. The lowest BCUT2D eigenvalue weighted by Crippen LogP contribution is -2.20. The van der Waals surface area contributed by atoms with Crippen molar-refractivity contribution in [3.63, 3.8) is 0 Å². The molecule has 122 valence electrons. The van der Waals surface area contributed by atoms with Gasteiger partial charge in [-0.1, -0.05) is 29.3 Å². The number of nitrogens with zero attached hydrogens (tertiary/aromatic N) is 1. The highest BCUT2D eigenvalue weighted by molar-refractivity contribution is 6.36. The van der Waals surface area contributed by atoms with Crippen LogP contribution in [0.5, 0.6) is 0 Å². The van der Waals surface area contributed by atoms with Gasteiger partial charge in [-0.2, -0.15) is 0 Å². The number of esters is 1. The number of anilines is 2. The molecule has 0 bridgehead atoms. The zero-order valence-electron chi connectivity index (χ0n) is 14.0. The highest BCUT2D eigenvalue weighted by Crippen LogP contribution is 2.41. The van der Waals surface area contributed by atoms with Crippen molar-refractivity contribution in [3.05, 3.63) is 65.2 Å². The molecular formula is C20H19NO3. The molecule has 0 atom stereocenters. The van der Waals surface area contributed by atoms with Gasteiger partial charge in [0.05, 0.1) is 17.9 Å². The Bertz CT molecular complexity index is 834. The summed E-state index contributed by atoms with van der Waals surface area (Å²) in [5, 5.41) is 0. The van der Waals surface area contributed by atoms with Crippen molar-refractivity contribution >= 4 is 28.8 Å². The van der Waals surface area contributed by atoms with E-state index in [1.807, 2.05) is 56.3 Å². The lowest BCUT2D eigenvalue weighted by atomic mass is 10.0. The molecule has 2 aromatic rings. The molecule has 0 N–H and O–H groups in total. The summed E-state index contributed by atoms with van der Waals surface area (Å²) in [4.78, 5) is 26.4. The minimum Gasteiger partial charge on any atom is -0.463 e. The molecule has 1 aliphatic heterocycles. The van der Waals surface area contributed by atoms with Crippen LogP contribution in [0.15, 0.2) is 48.5 Å². The molecule has 0 radical (unpaired) electrons. The van der Waals surface area contributed by atoms with Gasteiger partial charge < -0.3 is 4.74 Å². The summed E-state index contributed by atoms with van der Waals surface area (Å²) in [5.74, 6) is -0.716. The number of benzene rings is 2. The molecule has 1 aliphatic rings. The van der Waals surface area contributed by atoms with Crippen LogP contribution in [0, 0.1) is 13.8 Å². The molecule has 1 amide bonds. The van der Waals surface area contributed by atoms with Gasteiger partial charge in [-0.15, -0.1) is 0 Å². The highest BCUT2D eigenvalue weighted by atomic mass is 16.5. The van der Waals surface area contributed by atoms with Gasteiger partial charge in [0.25, 0.3) is 5.91 Å². The normalized spacial score (nSPS) is 14.9.